The number of hydrogen-bond donors (Lipinski definition) is 1. The van der Waals surface area contributed by atoms with Gasteiger partial charge in [-0.05, 0) is 81.8 Å². The van der Waals surface area contributed by atoms with Gasteiger partial charge in [0.2, 0.25) is 11.8 Å². The van der Waals surface area contributed by atoms with Gasteiger partial charge in [-0.2, -0.15) is 0 Å². The molecule has 0 aromatic heterocycles. The summed E-state index contributed by atoms with van der Waals surface area (Å²) in [6, 6.07) is 16.4. The van der Waals surface area contributed by atoms with E-state index in [-0.39, 0.29) is 34.8 Å². The number of benzene rings is 3. The van der Waals surface area contributed by atoms with Crippen molar-refractivity contribution >= 4 is 39.1 Å². The minimum atomic E-state index is -4.32. The molecule has 232 valence electrons. The maximum Gasteiger partial charge on any atom is 0.264 e. The van der Waals surface area contributed by atoms with E-state index in [0.29, 0.717) is 28.7 Å². The largest absolute Gasteiger partial charge is 0.494 e. The van der Waals surface area contributed by atoms with Gasteiger partial charge in [0, 0.05) is 23.7 Å². The third-order valence-corrected chi connectivity index (χ3v) is 8.50. The Balaban J connectivity index is 2.08. The summed E-state index contributed by atoms with van der Waals surface area (Å²) in [5.41, 5.74) is 0.911. The fraction of sp³-hybridized carbons (Fsp3) is 0.355. The van der Waals surface area contributed by atoms with Gasteiger partial charge in [0.05, 0.1) is 31.4 Å². The van der Waals surface area contributed by atoms with Gasteiger partial charge >= 0.3 is 0 Å². The quantitative estimate of drug-likeness (QED) is 0.269. The number of carbonyl (C=O) groups is 2. The van der Waals surface area contributed by atoms with Crippen molar-refractivity contribution in [2.75, 3.05) is 31.7 Å². The molecule has 1 N–H and O–H groups in total. The third-order valence-electron chi connectivity index (χ3n) is 6.50. The molecule has 0 heterocycles. The van der Waals surface area contributed by atoms with Crippen molar-refractivity contribution in [1.29, 1.82) is 0 Å². The average Bonchev–Trinajstić information content (AvgIpc) is 2.98. The van der Waals surface area contributed by atoms with Crippen molar-refractivity contribution in [2.24, 2.45) is 0 Å². The number of anilines is 1. The number of sulfonamides is 1. The normalized spacial score (nSPS) is 11.9. The smallest absolute Gasteiger partial charge is 0.264 e. The van der Waals surface area contributed by atoms with Gasteiger partial charge in [0.1, 0.15) is 18.3 Å². The summed E-state index contributed by atoms with van der Waals surface area (Å²) in [4.78, 5) is 28.3. The van der Waals surface area contributed by atoms with Crippen LogP contribution in [0.25, 0.3) is 0 Å². The molecule has 3 aromatic carbocycles. The van der Waals surface area contributed by atoms with Crippen LogP contribution in [-0.4, -0.2) is 64.6 Å². The van der Waals surface area contributed by atoms with E-state index in [9.17, 15) is 18.0 Å². The Bertz CT molecular complexity index is 1510. The van der Waals surface area contributed by atoms with Gasteiger partial charge < -0.3 is 24.4 Å². The van der Waals surface area contributed by atoms with Gasteiger partial charge in [-0.15, -0.1) is 0 Å². The number of ether oxygens (including phenoxy) is 3. The highest BCUT2D eigenvalue weighted by atomic mass is 35.5. The third kappa shape index (κ3) is 8.55. The molecule has 43 heavy (non-hydrogen) atoms. The number of halogens is 1. The molecule has 0 saturated heterocycles. The highest BCUT2D eigenvalue weighted by Gasteiger charge is 2.33. The zero-order valence-electron chi connectivity index (χ0n) is 25.2. The molecule has 0 bridgehead atoms. The van der Waals surface area contributed by atoms with Crippen LogP contribution in [0.4, 0.5) is 5.69 Å². The van der Waals surface area contributed by atoms with Gasteiger partial charge in [-0.3, -0.25) is 13.9 Å². The molecule has 12 heteroatoms. The molecule has 0 spiro atoms. The van der Waals surface area contributed by atoms with E-state index in [0.717, 1.165) is 4.31 Å². The van der Waals surface area contributed by atoms with Gasteiger partial charge in [0.15, 0.2) is 11.5 Å². The predicted octanol–water partition coefficient (Wildman–Crippen LogP) is 4.89. The molecule has 10 nitrogen and oxygen atoms in total. The van der Waals surface area contributed by atoms with E-state index in [1.54, 1.807) is 55.5 Å². The summed E-state index contributed by atoms with van der Waals surface area (Å²) in [7, 11) is -1.47. The van der Waals surface area contributed by atoms with Crippen LogP contribution in [0.2, 0.25) is 5.02 Å². The van der Waals surface area contributed by atoms with Gasteiger partial charge in [-0.1, -0.05) is 23.7 Å². The lowest BCUT2D eigenvalue weighted by Gasteiger charge is -2.32. The molecule has 0 aliphatic rings. The first kappa shape index (κ1) is 33.5. The molecule has 0 aliphatic carbocycles. The van der Waals surface area contributed by atoms with Crippen LogP contribution in [-0.2, 0) is 26.2 Å². The zero-order chi connectivity index (χ0) is 31.7. The lowest BCUT2D eigenvalue weighted by Crippen LogP contribution is -2.52. The highest BCUT2D eigenvalue weighted by Crippen LogP contribution is 2.33. The monoisotopic (exact) mass is 631 g/mol. The summed E-state index contributed by atoms with van der Waals surface area (Å²) in [6.45, 7) is 6.94. The fourth-order valence-electron chi connectivity index (χ4n) is 4.33. The Morgan fingerprint density at radius 2 is 1.60 bits per heavy atom. The Morgan fingerprint density at radius 3 is 2.19 bits per heavy atom. The number of nitrogens with one attached hydrogen (secondary N) is 1. The summed E-state index contributed by atoms with van der Waals surface area (Å²) in [6.07, 6.45) is 0. The molecule has 3 rings (SSSR count). The van der Waals surface area contributed by atoms with Crippen LogP contribution in [0.15, 0.2) is 71.6 Å². The van der Waals surface area contributed by atoms with Crippen LogP contribution in [0.1, 0.15) is 33.3 Å². The molecule has 0 radical (unpaired) electrons. The zero-order valence-corrected chi connectivity index (χ0v) is 26.7. The second kappa shape index (κ2) is 15.0. The number of nitrogens with zero attached hydrogens (tertiary/aromatic N) is 2. The van der Waals surface area contributed by atoms with Gasteiger partial charge in [-0.25, -0.2) is 8.42 Å². The Morgan fingerprint density at radius 1 is 0.930 bits per heavy atom. The molecule has 0 unspecified atom stereocenters. The van der Waals surface area contributed by atoms with Crippen LogP contribution in [0.3, 0.4) is 0 Å². The van der Waals surface area contributed by atoms with Crippen molar-refractivity contribution in [3.8, 4) is 17.2 Å². The first-order chi connectivity index (χ1) is 20.4. The van der Waals surface area contributed by atoms with Gasteiger partial charge in [0.25, 0.3) is 10.0 Å². The molecule has 0 fully saturated rings. The molecular formula is C31H38ClN3O7S. The second-order valence-corrected chi connectivity index (χ2v) is 12.2. The van der Waals surface area contributed by atoms with Crippen LogP contribution in [0.5, 0.6) is 17.2 Å². The van der Waals surface area contributed by atoms with Crippen LogP contribution >= 0.6 is 11.6 Å². The second-order valence-electron chi connectivity index (χ2n) is 9.95. The molecule has 0 aliphatic heterocycles. The minimum Gasteiger partial charge on any atom is -0.494 e. The number of carbonyl (C=O) groups excluding carboxylic acids is 2. The van der Waals surface area contributed by atoms with Crippen molar-refractivity contribution in [1.82, 2.24) is 10.2 Å². The average molecular weight is 632 g/mol. The first-order valence-electron chi connectivity index (χ1n) is 13.7. The van der Waals surface area contributed by atoms with Crippen molar-refractivity contribution in [2.45, 2.75) is 51.2 Å². The highest BCUT2D eigenvalue weighted by molar-refractivity contribution is 7.92. The Kier molecular flexibility index (Phi) is 11.7. The Hall–Kier alpha value is -3.96. The summed E-state index contributed by atoms with van der Waals surface area (Å²) in [5, 5.41) is 3.30. The van der Waals surface area contributed by atoms with Crippen molar-refractivity contribution in [3.63, 3.8) is 0 Å². The topological polar surface area (TPSA) is 114 Å². The van der Waals surface area contributed by atoms with E-state index in [1.165, 1.54) is 37.3 Å². The maximum absolute atomic E-state index is 14.2. The lowest BCUT2D eigenvalue weighted by atomic mass is 10.1. The molecule has 2 amide bonds. The predicted molar refractivity (Wildman–Crippen MR) is 166 cm³/mol. The van der Waals surface area contributed by atoms with E-state index in [4.69, 9.17) is 25.8 Å². The molecule has 1 atom stereocenters. The standard InChI is InChI=1S/C31H38ClN3O7S/c1-7-42-26-13-11-25(12-14-26)35(43(38,39)27-15-16-28(40-5)29(18-27)41-6)20-30(36)34(22(4)31(37)33-21(2)3)19-23-9-8-10-24(32)17-23/h8-18,21-22H,7,19-20H2,1-6H3,(H,33,37)/t22-/m0/s1. The van der Waals surface area contributed by atoms with Crippen molar-refractivity contribution in [3.05, 3.63) is 77.3 Å². The van der Waals surface area contributed by atoms with Crippen LogP contribution < -0.4 is 23.8 Å². The minimum absolute atomic E-state index is 0.0274. The van der Waals surface area contributed by atoms with E-state index in [1.807, 2.05) is 20.8 Å². The Labute approximate surface area is 258 Å². The molecular weight excluding hydrogens is 594 g/mol. The fourth-order valence-corrected chi connectivity index (χ4v) is 5.97. The van der Waals surface area contributed by atoms with E-state index >= 15 is 0 Å². The van der Waals surface area contributed by atoms with Crippen LogP contribution in [0, 0.1) is 0 Å². The molecule has 3 aromatic rings. The van der Waals surface area contributed by atoms with Crippen molar-refractivity contribution < 1.29 is 32.2 Å². The number of amides is 2. The number of methoxy groups -OCH3 is 2. The lowest BCUT2D eigenvalue weighted by molar-refractivity contribution is -0.139. The van der Waals surface area contributed by atoms with E-state index < -0.39 is 28.5 Å². The molecule has 0 saturated carbocycles. The maximum atomic E-state index is 14.2. The summed E-state index contributed by atoms with van der Waals surface area (Å²) in [5.74, 6) is 0.138. The summed E-state index contributed by atoms with van der Waals surface area (Å²) < 4.78 is 45.4. The van der Waals surface area contributed by atoms with E-state index in [2.05, 4.69) is 5.32 Å². The summed E-state index contributed by atoms with van der Waals surface area (Å²) >= 11 is 6.19. The SMILES string of the molecule is CCOc1ccc(N(CC(=O)N(Cc2cccc(Cl)c2)[C@@H](C)C(=O)NC(C)C)S(=O)(=O)c2ccc(OC)c(OC)c2)cc1. The number of rotatable bonds is 14. The first-order valence-corrected chi connectivity index (χ1v) is 15.5. The number of hydrogen-bond acceptors (Lipinski definition) is 7.